The van der Waals surface area contributed by atoms with E-state index in [1.807, 2.05) is 0 Å². The lowest BCUT2D eigenvalue weighted by atomic mass is 10.2. The van der Waals surface area contributed by atoms with Gasteiger partial charge < -0.3 is 15.7 Å². The summed E-state index contributed by atoms with van der Waals surface area (Å²) in [4.78, 5) is 34.3. The maximum absolute atomic E-state index is 11.7. The number of carboxylic acid groups (broad SMARTS) is 1. The van der Waals surface area contributed by atoms with Crippen molar-refractivity contribution >= 4 is 33.7 Å². The Morgan fingerprint density at radius 1 is 1.24 bits per heavy atom. The van der Waals surface area contributed by atoms with Crippen LogP contribution in [0.4, 0.5) is 0 Å². The van der Waals surface area contributed by atoms with Gasteiger partial charge in [0.15, 0.2) is 0 Å². The van der Waals surface area contributed by atoms with Crippen molar-refractivity contribution < 1.29 is 19.5 Å². The van der Waals surface area contributed by atoms with E-state index in [1.54, 1.807) is 30.3 Å². The van der Waals surface area contributed by atoms with Crippen LogP contribution < -0.4 is 10.6 Å². The normalized spacial score (nSPS) is 11.3. The van der Waals surface area contributed by atoms with E-state index in [0.717, 1.165) is 0 Å². The standard InChI is InChI=1S/C14H15BrN2O4/c1-9(15)7-11(14(20)21)17-12(18)8-16-13(19)10-5-3-2-4-6-10/h2-6,11H,1,7-8H2,(H,16,19)(H,17,18)(H,20,21)/t11-/m0/s1. The van der Waals surface area contributed by atoms with Gasteiger partial charge in [-0.25, -0.2) is 4.79 Å². The molecule has 0 saturated heterocycles. The summed E-state index contributed by atoms with van der Waals surface area (Å²) in [6.45, 7) is 3.23. The third kappa shape index (κ3) is 6.22. The number of halogens is 1. The van der Waals surface area contributed by atoms with Gasteiger partial charge in [0, 0.05) is 12.0 Å². The fraction of sp³-hybridized carbons (Fsp3) is 0.214. The van der Waals surface area contributed by atoms with Gasteiger partial charge in [-0.3, -0.25) is 9.59 Å². The van der Waals surface area contributed by atoms with Crippen molar-refractivity contribution in [2.75, 3.05) is 6.54 Å². The molecule has 21 heavy (non-hydrogen) atoms. The van der Waals surface area contributed by atoms with Crippen molar-refractivity contribution in [3.8, 4) is 0 Å². The molecule has 1 aromatic carbocycles. The third-order valence-electron chi connectivity index (χ3n) is 2.50. The number of carbonyl (C=O) groups excluding carboxylic acids is 2. The lowest BCUT2D eigenvalue weighted by molar-refractivity contribution is -0.141. The smallest absolute Gasteiger partial charge is 0.326 e. The minimum atomic E-state index is -1.17. The van der Waals surface area contributed by atoms with Gasteiger partial charge in [0.1, 0.15) is 6.04 Å². The Morgan fingerprint density at radius 3 is 2.38 bits per heavy atom. The molecule has 0 aliphatic carbocycles. The van der Waals surface area contributed by atoms with Gasteiger partial charge in [0.25, 0.3) is 5.91 Å². The lowest BCUT2D eigenvalue weighted by Gasteiger charge is -2.14. The van der Waals surface area contributed by atoms with E-state index in [1.165, 1.54) is 0 Å². The molecule has 0 radical (unpaired) electrons. The molecular formula is C14H15BrN2O4. The van der Waals surface area contributed by atoms with E-state index in [9.17, 15) is 14.4 Å². The quantitative estimate of drug-likeness (QED) is 0.687. The lowest BCUT2D eigenvalue weighted by Crippen LogP contribution is -2.45. The molecule has 112 valence electrons. The summed E-state index contributed by atoms with van der Waals surface area (Å²) in [5, 5.41) is 13.7. The molecule has 0 spiro atoms. The monoisotopic (exact) mass is 354 g/mol. The highest BCUT2D eigenvalue weighted by Gasteiger charge is 2.20. The fourth-order valence-electron chi connectivity index (χ4n) is 1.52. The second-order valence-corrected chi connectivity index (χ2v) is 5.35. The number of amides is 2. The second-order valence-electron chi connectivity index (χ2n) is 4.23. The van der Waals surface area contributed by atoms with E-state index >= 15 is 0 Å². The van der Waals surface area contributed by atoms with Crippen molar-refractivity contribution in [1.29, 1.82) is 0 Å². The summed E-state index contributed by atoms with van der Waals surface area (Å²) in [7, 11) is 0. The molecule has 0 fully saturated rings. The Balaban J connectivity index is 2.48. The fourth-order valence-corrected chi connectivity index (χ4v) is 1.84. The SMILES string of the molecule is C=C(Br)C[C@H](NC(=O)CNC(=O)c1ccccc1)C(=O)O. The minimum absolute atomic E-state index is 0.0632. The van der Waals surface area contributed by atoms with Crippen molar-refractivity contribution in [2.45, 2.75) is 12.5 Å². The average Bonchev–Trinajstić information content (AvgIpc) is 2.44. The predicted molar refractivity (Wildman–Crippen MR) is 81.0 cm³/mol. The Hall–Kier alpha value is -2.15. The summed E-state index contributed by atoms with van der Waals surface area (Å²) >= 11 is 3.05. The predicted octanol–water partition coefficient (Wildman–Crippen LogP) is 1.28. The van der Waals surface area contributed by atoms with E-state index in [4.69, 9.17) is 5.11 Å². The molecule has 0 unspecified atom stereocenters. The highest BCUT2D eigenvalue weighted by molar-refractivity contribution is 9.11. The molecule has 2 amide bonds. The number of hydrogen-bond acceptors (Lipinski definition) is 3. The molecular weight excluding hydrogens is 340 g/mol. The molecule has 0 saturated carbocycles. The van der Waals surface area contributed by atoms with E-state index < -0.39 is 23.8 Å². The first-order valence-electron chi connectivity index (χ1n) is 6.09. The van der Waals surface area contributed by atoms with Crippen molar-refractivity contribution in [1.82, 2.24) is 10.6 Å². The Labute approximate surface area is 130 Å². The number of carboxylic acids is 1. The van der Waals surface area contributed by atoms with Crippen LogP contribution in [0, 0.1) is 0 Å². The van der Waals surface area contributed by atoms with Crippen LogP contribution in [-0.4, -0.2) is 35.5 Å². The molecule has 1 atom stereocenters. The molecule has 0 aliphatic rings. The van der Waals surface area contributed by atoms with Crippen molar-refractivity contribution in [3.63, 3.8) is 0 Å². The topological polar surface area (TPSA) is 95.5 Å². The van der Waals surface area contributed by atoms with E-state index in [2.05, 4.69) is 33.1 Å². The Kier molecular flexibility index (Phi) is 6.61. The van der Waals surface area contributed by atoms with Crippen LogP contribution >= 0.6 is 15.9 Å². The molecule has 1 rings (SSSR count). The molecule has 3 N–H and O–H groups in total. The molecule has 7 heteroatoms. The van der Waals surface area contributed by atoms with Crippen molar-refractivity contribution in [2.24, 2.45) is 0 Å². The first kappa shape index (κ1) is 16.9. The van der Waals surface area contributed by atoms with Crippen LogP contribution in [0.1, 0.15) is 16.8 Å². The highest BCUT2D eigenvalue weighted by Crippen LogP contribution is 2.10. The summed E-state index contributed by atoms with van der Waals surface area (Å²) in [6, 6.07) is 7.32. The van der Waals surface area contributed by atoms with Gasteiger partial charge in [0.2, 0.25) is 5.91 Å². The van der Waals surface area contributed by atoms with Crippen LogP contribution in [0.5, 0.6) is 0 Å². The Bertz CT molecular complexity index is 545. The molecule has 0 aromatic heterocycles. The largest absolute Gasteiger partial charge is 0.480 e. The van der Waals surface area contributed by atoms with Gasteiger partial charge in [-0.2, -0.15) is 0 Å². The van der Waals surface area contributed by atoms with Crippen LogP contribution in [-0.2, 0) is 9.59 Å². The number of benzene rings is 1. The number of hydrogen-bond donors (Lipinski definition) is 3. The van der Waals surface area contributed by atoms with Crippen LogP contribution in [0.2, 0.25) is 0 Å². The van der Waals surface area contributed by atoms with Crippen LogP contribution in [0.15, 0.2) is 41.4 Å². The Morgan fingerprint density at radius 2 is 1.86 bits per heavy atom. The van der Waals surface area contributed by atoms with Gasteiger partial charge in [-0.15, -0.1) is 0 Å². The van der Waals surface area contributed by atoms with E-state index in [-0.39, 0.29) is 13.0 Å². The maximum atomic E-state index is 11.7. The van der Waals surface area contributed by atoms with Gasteiger partial charge >= 0.3 is 5.97 Å². The summed E-state index contributed by atoms with van der Waals surface area (Å²) < 4.78 is 0.462. The van der Waals surface area contributed by atoms with Crippen LogP contribution in [0.3, 0.4) is 0 Å². The highest BCUT2D eigenvalue weighted by atomic mass is 79.9. The maximum Gasteiger partial charge on any atom is 0.326 e. The average molecular weight is 355 g/mol. The summed E-state index contributed by atoms with van der Waals surface area (Å²) in [5.74, 6) is -2.15. The molecule has 0 aliphatic heterocycles. The van der Waals surface area contributed by atoms with Crippen molar-refractivity contribution in [3.05, 3.63) is 47.0 Å². The van der Waals surface area contributed by atoms with E-state index in [0.29, 0.717) is 10.0 Å². The number of carbonyl (C=O) groups is 3. The first-order valence-corrected chi connectivity index (χ1v) is 6.88. The van der Waals surface area contributed by atoms with Crippen LogP contribution in [0.25, 0.3) is 0 Å². The number of aliphatic carboxylic acids is 1. The summed E-state index contributed by atoms with van der Waals surface area (Å²) in [6.07, 6.45) is 0.0632. The summed E-state index contributed by atoms with van der Waals surface area (Å²) in [5.41, 5.74) is 0.425. The van der Waals surface area contributed by atoms with Gasteiger partial charge in [-0.05, 0) is 16.6 Å². The molecule has 6 nitrogen and oxygen atoms in total. The first-order chi connectivity index (χ1) is 9.90. The third-order valence-corrected chi connectivity index (χ3v) is 2.83. The molecule has 0 bridgehead atoms. The second kappa shape index (κ2) is 8.21. The molecule has 0 heterocycles. The zero-order valence-electron chi connectivity index (χ0n) is 11.1. The van der Waals surface area contributed by atoms with Gasteiger partial charge in [0.05, 0.1) is 6.54 Å². The van der Waals surface area contributed by atoms with Gasteiger partial charge in [-0.1, -0.05) is 40.7 Å². The zero-order valence-corrected chi connectivity index (χ0v) is 12.7. The molecule has 1 aromatic rings. The number of rotatable bonds is 7. The zero-order chi connectivity index (χ0) is 15.8. The minimum Gasteiger partial charge on any atom is -0.480 e. The number of nitrogens with one attached hydrogen (secondary N) is 2.